The lowest BCUT2D eigenvalue weighted by Crippen LogP contribution is -2.24. The lowest BCUT2D eigenvalue weighted by Gasteiger charge is -2.13. The highest BCUT2D eigenvalue weighted by molar-refractivity contribution is 9.10. The smallest absolute Gasteiger partial charge is 0.261 e. The predicted molar refractivity (Wildman–Crippen MR) is 117 cm³/mol. The van der Waals surface area contributed by atoms with Crippen LogP contribution < -0.4 is 10.9 Å². The van der Waals surface area contributed by atoms with Crippen LogP contribution >= 0.6 is 27.5 Å². The first-order valence-corrected chi connectivity index (χ1v) is 9.68. The highest BCUT2D eigenvalue weighted by Crippen LogP contribution is 2.31. The van der Waals surface area contributed by atoms with E-state index >= 15 is 0 Å². The molecule has 28 heavy (non-hydrogen) atoms. The van der Waals surface area contributed by atoms with Gasteiger partial charge in [-0.05, 0) is 48.0 Å². The van der Waals surface area contributed by atoms with Gasteiger partial charge in [-0.15, -0.1) is 0 Å². The molecule has 0 bridgehead atoms. The third-order valence-corrected chi connectivity index (χ3v) is 5.13. The topological polar surface area (TPSA) is 62.0 Å². The van der Waals surface area contributed by atoms with Gasteiger partial charge in [-0.3, -0.25) is 9.59 Å². The quantitative estimate of drug-likeness (QED) is 0.408. The number of carbonyl (C=O) groups excluding carboxylic acids is 1. The van der Waals surface area contributed by atoms with Crippen molar-refractivity contribution in [2.24, 2.45) is 0 Å². The number of aromatic amines is 1. The van der Waals surface area contributed by atoms with Crippen LogP contribution in [0.3, 0.4) is 0 Å². The molecule has 2 N–H and O–H groups in total. The summed E-state index contributed by atoms with van der Waals surface area (Å²) < 4.78 is 0.897. The number of pyridine rings is 1. The van der Waals surface area contributed by atoms with E-state index in [1.54, 1.807) is 30.3 Å². The van der Waals surface area contributed by atoms with Crippen LogP contribution in [0.4, 0.5) is 5.69 Å². The summed E-state index contributed by atoms with van der Waals surface area (Å²) in [6.45, 7) is 0. The Morgan fingerprint density at radius 2 is 1.68 bits per heavy atom. The van der Waals surface area contributed by atoms with Crippen LogP contribution in [-0.2, 0) is 0 Å². The first-order valence-electron chi connectivity index (χ1n) is 8.51. The molecule has 4 nitrogen and oxygen atoms in total. The van der Waals surface area contributed by atoms with E-state index in [-0.39, 0.29) is 5.56 Å². The van der Waals surface area contributed by atoms with Gasteiger partial charge in [0.1, 0.15) is 5.56 Å². The summed E-state index contributed by atoms with van der Waals surface area (Å²) in [4.78, 5) is 28.7. The maximum atomic E-state index is 13.1. The Morgan fingerprint density at radius 3 is 2.39 bits per heavy atom. The number of hydrogen-bond acceptors (Lipinski definition) is 2. The number of carbonyl (C=O) groups is 1. The monoisotopic (exact) mass is 452 g/mol. The van der Waals surface area contributed by atoms with E-state index < -0.39 is 11.5 Å². The highest BCUT2D eigenvalue weighted by atomic mass is 79.9. The molecule has 0 spiro atoms. The Morgan fingerprint density at radius 1 is 0.964 bits per heavy atom. The number of hydrogen-bond donors (Lipinski definition) is 2. The van der Waals surface area contributed by atoms with Crippen molar-refractivity contribution in [2.75, 3.05) is 5.32 Å². The van der Waals surface area contributed by atoms with E-state index in [1.807, 2.05) is 42.5 Å². The number of amides is 1. The highest BCUT2D eigenvalue weighted by Gasteiger charge is 2.21. The molecule has 0 saturated heterocycles. The summed E-state index contributed by atoms with van der Waals surface area (Å²) in [6.07, 6.45) is 0. The molecule has 0 fully saturated rings. The van der Waals surface area contributed by atoms with Crippen LogP contribution in [0.1, 0.15) is 10.4 Å². The SMILES string of the molecule is O=C(Nc1ccc(Br)cc1)c1c(-c2ccccc2)c2cc(Cl)ccc2[nH]c1=O. The first-order chi connectivity index (χ1) is 13.5. The Labute approximate surface area is 174 Å². The minimum atomic E-state index is -0.482. The molecule has 0 unspecified atom stereocenters. The fraction of sp³-hybridized carbons (Fsp3) is 0. The molecule has 6 heteroatoms. The minimum absolute atomic E-state index is 0.0453. The van der Waals surface area contributed by atoms with Crippen molar-refractivity contribution < 1.29 is 4.79 Å². The number of nitrogens with one attached hydrogen (secondary N) is 2. The standard InChI is InChI=1S/C22H14BrClN2O2/c23-14-6-9-16(10-7-14)25-21(27)20-19(13-4-2-1-3-5-13)17-12-15(24)8-11-18(17)26-22(20)28/h1-12H,(H,25,27)(H,26,28). The molecule has 0 aliphatic rings. The van der Waals surface area contributed by atoms with E-state index in [4.69, 9.17) is 11.6 Å². The zero-order valence-electron chi connectivity index (χ0n) is 14.5. The van der Waals surface area contributed by atoms with Crippen molar-refractivity contribution in [3.05, 3.63) is 98.2 Å². The maximum Gasteiger partial charge on any atom is 0.261 e. The summed E-state index contributed by atoms with van der Waals surface area (Å²) >= 11 is 9.56. The Hall–Kier alpha value is -2.89. The molecule has 0 aliphatic heterocycles. The lowest BCUT2D eigenvalue weighted by atomic mass is 9.95. The van der Waals surface area contributed by atoms with Gasteiger partial charge in [-0.2, -0.15) is 0 Å². The van der Waals surface area contributed by atoms with Gasteiger partial charge in [-0.25, -0.2) is 0 Å². The van der Waals surface area contributed by atoms with E-state index in [0.29, 0.717) is 27.2 Å². The largest absolute Gasteiger partial charge is 0.322 e. The molecule has 0 aliphatic carbocycles. The van der Waals surface area contributed by atoms with Crippen LogP contribution in [0.2, 0.25) is 5.02 Å². The second-order valence-electron chi connectivity index (χ2n) is 6.22. The number of H-pyrrole nitrogens is 1. The van der Waals surface area contributed by atoms with Crippen LogP contribution in [0.25, 0.3) is 22.0 Å². The van der Waals surface area contributed by atoms with Crippen molar-refractivity contribution in [1.82, 2.24) is 4.98 Å². The fourth-order valence-corrected chi connectivity index (χ4v) is 3.55. The van der Waals surface area contributed by atoms with Crippen LogP contribution in [0.5, 0.6) is 0 Å². The number of halogens is 2. The van der Waals surface area contributed by atoms with Gasteiger partial charge in [0.15, 0.2) is 0 Å². The number of fused-ring (bicyclic) bond motifs is 1. The van der Waals surface area contributed by atoms with Crippen molar-refractivity contribution >= 4 is 50.0 Å². The Kier molecular flexibility index (Phi) is 5.03. The molecule has 0 radical (unpaired) electrons. The number of rotatable bonds is 3. The van der Waals surface area contributed by atoms with Crippen molar-refractivity contribution in [1.29, 1.82) is 0 Å². The van der Waals surface area contributed by atoms with Gasteiger partial charge in [0.25, 0.3) is 11.5 Å². The summed E-state index contributed by atoms with van der Waals surface area (Å²) in [5, 5.41) is 4.03. The molecule has 1 aromatic heterocycles. The third-order valence-electron chi connectivity index (χ3n) is 4.37. The van der Waals surface area contributed by atoms with E-state index in [9.17, 15) is 9.59 Å². The molecular formula is C22H14BrClN2O2. The van der Waals surface area contributed by atoms with Crippen LogP contribution in [-0.4, -0.2) is 10.9 Å². The fourth-order valence-electron chi connectivity index (χ4n) is 3.11. The Balaban J connectivity index is 1.94. The van der Waals surface area contributed by atoms with E-state index in [0.717, 1.165) is 10.0 Å². The molecule has 0 saturated carbocycles. The normalized spacial score (nSPS) is 10.8. The third kappa shape index (κ3) is 3.59. The molecule has 4 rings (SSSR count). The second-order valence-corrected chi connectivity index (χ2v) is 7.57. The van der Waals surface area contributed by atoms with Crippen molar-refractivity contribution in [3.63, 3.8) is 0 Å². The summed E-state index contributed by atoms with van der Waals surface area (Å²) in [5.41, 5.74) is 2.12. The average Bonchev–Trinajstić information content (AvgIpc) is 2.69. The zero-order valence-corrected chi connectivity index (χ0v) is 16.8. The number of benzene rings is 3. The second kappa shape index (κ2) is 7.62. The van der Waals surface area contributed by atoms with Gasteiger partial charge in [-0.1, -0.05) is 57.9 Å². The van der Waals surface area contributed by atoms with Gasteiger partial charge >= 0.3 is 0 Å². The molecule has 138 valence electrons. The minimum Gasteiger partial charge on any atom is -0.322 e. The zero-order chi connectivity index (χ0) is 19.7. The van der Waals surface area contributed by atoms with Gasteiger partial charge in [0, 0.05) is 31.6 Å². The summed E-state index contributed by atoms with van der Waals surface area (Å²) in [6, 6.07) is 21.7. The Bertz CT molecular complexity index is 1240. The first kappa shape index (κ1) is 18.5. The van der Waals surface area contributed by atoms with Gasteiger partial charge in [0.05, 0.1) is 0 Å². The number of anilines is 1. The average molecular weight is 454 g/mol. The lowest BCUT2D eigenvalue weighted by molar-refractivity contribution is 0.102. The van der Waals surface area contributed by atoms with Gasteiger partial charge in [0.2, 0.25) is 0 Å². The molecule has 1 amide bonds. The predicted octanol–water partition coefficient (Wildman–Crippen LogP) is 5.86. The molecule has 4 aromatic rings. The van der Waals surface area contributed by atoms with E-state index in [2.05, 4.69) is 26.2 Å². The molecule has 3 aromatic carbocycles. The molecular weight excluding hydrogens is 440 g/mol. The van der Waals surface area contributed by atoms with Crippen LogP contribution in [0.15, 0.2) is 82.1 Å². The van der Waals surface area contributed by atoms with Crippen molar-refractivity contribution in [2.45, 2.75) is 0 Å². The molecule has 1 heterocycles. The number of aromatic nitrogens is 1. The molecule has 0 atom stereocenters. The summed E-state index contributed by atoms with van der Waals surface area (Å²) in [5.74, 6) is -0.482. The summed E-state index contributed by atoms with van der Waals surface area (Å²) in [7, 11) is 0. The van der Waals surface area contributed by atoms with Crippen molar-refractivity contribution in [3.8, 4) is 11.1 Å². The maximum absolute atomic E-state index is 13.1. The van der Waals surface area contributed by atoms with E-state index in [1.165, 1.54) is 0 Å². The van der Waals surface area contributed by atoms with Gasteiger partial charge < -0.3 is 10.3 Å². The van der Waals surface area contributed by atoms with Crippen LogP contribution in [0, 0.1) is 0 Å².